The largest absolute Gasteiger partial charge is 0.315 e. The third-order valence-electron chi connectivity index (χ3n) is 6.62. The first-order valence-corrected chi connectivity index (χ1v) is 11.8. The molecule has 0 N–H and O–H groups in total. The number of aryl methyl sites for hydroxylation is 1. The van der Waals surface area contributed by atoms with Gasteiger partial charge in [-0.05, 0) is 74.4 Å². The molecule has 1 heterocycles. The molecule has 0 saturated carbocycles. The van der Waals surface area contributed by atoms with Crippen LogP contribution in [0, 0.1) is 24.2 Å². The van der Waals surface area contributed by atoms with E-state index in [1.165, 1.54) is 11.3 Å². The molecule has 174 valence electrons. The summed E-state index contributed by atoms with van der Waals surface area (Å²) in [6.07, 6.45) is 4.77. The molecular weight excluding hydrogens is 424 g/mol. The van der Waals surface area contributed by atoms with E-state index in [-0.39, 0.29) is 24.7 Å². The molecule has 0 aliphatic heterocycles. The Kier molecular flexibility index (Phi) is 7.22. The molecule has 1 aromatic heterocycles. The van der Waals surface area contributed by atoms with Gasteiger partial charge in [-0.2, -0.15) is 10.4 Å². The molecule has 2 aromatic carbocycles. The molecule has 3 aromatic rings. The average molecular weight is 455 g/mol. The van der Waals surface area contributed by atoms with Crippen LogP contribution in [-0.4, -0.2) is 28.5 Å². The standard InChI is InChI=1S/C28H30N4O2/c1-20-26-13-6-7-14-27(26)32(30-20)19-25(33)17-23(16-21-9-8-10-22(15-21)18-29)28(34)31(2)24-11-4-3-5-12-24/h3-5,8-12,15,23H,6-7,13-14,16-17,19H2,1-2H3/t23-/m1/s1. The van der Waals surface area contributed by atoms with Gasteiger partial charge < -0.3 is 4.90 Å². The number of Topliss-reactive ketones (excluding diaryl/α,β-unsaturated/α-hetero) is 1. The first-order valence-electron chi connectivity index (χ1n) is 11.8. The maximum atomic E-state index is 13.5. The van der Waals surface area contributed by atoms with Crippen LogP contribution in [0.4, 0.5) is 5.69 Å². The van der Waals surface area contributed by atoms with Gasteiger partial charge in [0.1, 0.15) is 0 Å². The number of ketones is 1. The Bertz CT molecular complexity index is 1220. The normalized spacial score (nSPS) is 13.6. The summed E-state index contributed by atoms with van der Waals surface area (Å²) < 4.78 is 1.85. The van der Waals surface area contributed by atoms with Crippen LogP contribution in [-0.2, 0) is 35.4 Å². The van der Waals surface area contributed by atoms with Gasteiger partial charge in [0, 0.05) is 30.8 Å². The summed E-state index contributed by atoms with van der Waals surface area (Å²) in [6.45, 7) is 2.20. The number of carbonyl (C=O) groups is 2. The third-order valence-corrected chi connectivity index (χ3v) is 6.62. The predicted octanol–water partition coefficient (Wildman–Crippen LogP) is 4.42. The first kappa shape index (κ1) is 23.4. The smallest absolute Gasteiger partial charge is 0.230 e. The fraction of sp³-hybridized carbons (Fsp3) is 0.357. The zero-order valence-electron chi connectivity index (χ0n) is 19.8. The fourth-order valence-electron chi connectivity index (χ4n) is 4.85. The van der Waals surface area contributed by atoms with Gasteiger partial charge in [-0.25, -0.2) is 0 Å². The van der Waals surface area contributed by atoms with E-state index in [0.29, 0.717) is 12.0 Å². The summed E-state index contributed by atoms with van der Waals surface area (Å²) in [5.41, 5.74) is 5.66. The number of nitriles is 1. The van der Waals surface area contributed by atoms with Crippen molar-refractivity contribution < 1.29 is 9.59 Å². The molecule has 0 fully saturated rings. The number of nitrogens with zero attached hydrogens (tertiary/aromatic N) is 4. The number of hydrogen-bond acceptors (Lipinski definition) is 4. The van der Waals surface area contributed by atoms with Crippen molar-refractivity contribution in [3.05, 3.63) is 82.7 Å². The Morgan fingerprint density at radius 1 is 1.12 bits per heavy atom. The van der Waals surface area contributed by atoms with Crippen molar-refractivity contribution >= 4 is 17.4 Å². The van der Waals surface area contributed by atoms with Gasteiger partial charge in [-0.3, -0.25) is 14.3 Å². The molecule has 34 heavy (non-hydrogen) atoms. The van der Waals surface area contributed by atoms with Gasteiger partial charge in [0.25, 0.3) is 0 Å². The second kappa shape index (κ2) is 10.5. The van der Waals surface area contributed by atoms with Crippen LogP contribution in [0.1, 0.15) is 47.3 Å². The molecular formula is C28H30N4O2. The van der Waals surface area contributed by atoms with E-state index >= 15 is 0 Å². The molecule has 0 unspecified atom stereocenters. The third kappa shape index (κ3) is 5.26. The number of carbonyl (C=O) groups excluding carboxylic acids is 2. The Hall–Kier alpha value is -3.72. The minimum absolute atomic E-state index is 0.00729. The number of fused-ring (bicyclic) bond motifs is 1. The number of hydrogen-bond donors (Lipinski definition) is 0. The first-order chi connectivity index (χ1) is 16.5. The van der Waals surface area contributed by atoms with E-state index in [1.807, 2.05) is 54.1 Å². The quantitative estimate of drug-likeness (QED) is 0.505. The van der Waals surface area contributed by atoms with Crippen LogP contribution in [0.15, 0.2) is 54.6 Å². The lowest BCUT2D eigenvalue weighted by Crippen LogP contribution is -2.35. The molecule has 0 saturated heterocycles. The highest BCUT2D eigenvalue weighted by Gasteiger charge is 2.27. The van der Waals surface area contributed by atoms with Gasteiger partial charge in [0.15, 0.2) is 5.78 Å². The Morgan fingerprint density at radius 2 is 1.88 bits per heavy atom. The lowest BCUT2D eigenvalue weighted by atomic mass is 9.92. The van der Waals surface area contributed by atoms with Crippen LogP contribution in [0.5, 0.6) is 0 Å². The van der Waals surface area contributed by atoms with Crippen molar-refractivity contribution in [2.45, 2.75) is 52.0 Å². The molecule has 1 atom stereocenters. The maximum absolute atomic E-state index is 13.5. The second-order valence-electron chi connectivity index (χ2n) is 9.06. The maximum Gasteiger partial charge on any atom is 0.230 e. The van der Waals surface area contributed by atoms with E-state index in [4.69, 9.17) is 0 Å². The SMILES string of the molecule is Cc1nn(CC(=O)C[C@@H](Cc2cccc(C#N)c2)C(=O)N(C)c2ccccc2)c2c1CCCC2. The van der Waals surface area contributed by atoms with E-state index < -0.39 is 5.92 Å². The summed E-state index contributed by atoms with van der Waals surface area (Å²) in [4.78, 5) is 28.3. The number of benzene rings is 2. The number of aromatic nitrogens is 2. The zero-order chi connectivity index (χ0) is 24.1. The molecule has 1 aliphatic rings. The van der Waals surface area contributed by atoms with Crippen molar-refractivity contribution in [3.8, 4) is 6.07 Å². The van der Waals surface area contributed by atoms with Crippen molar-refractivity contribution in [1.29, 1.82) is 5.26 Å². The number of rotatable bonds is 8. The van der Waals surface area contributed by atoms with Crippen LogP contribution in [0.3, 0.4) is 0 Å². The van der Waals surface area contributed by atoms with Crippen LogP contribution < -0.4 is 4.90 Å². The van der Waals surface area contributed by atoms with Crippen LogP contribution in [0.2, 0.25) is 0 Å². The predicted molar refractivity (Wildman–Crippen MR) is 131 cm³/mol. The number of anilines is 1. The molecule has 6 nitrogen and oxygen atoms in total. The fourth-order valence-corrected chi connectivity index (χ4v) is 4.85. The minimum Gasteiger partial charge on any atom is -0.315 e. The molecule has 6 heteroatoms. The zero-order valence-corrected chi connectivity index (χ0v) is 19.8. The number of para-hydroxylation sites is 1. The van der Waals surface area contributed by atoms with Crippen LogP contribution in [0.25, 0.3) is 0 Å². The van der Waals surface area contributed by atoms with E-state index in [9.17, 15) is 14.9 Å². The number of amides is 1. The van der Waals surface area contributed by atoms with Gasteiger partial charge in [-0.15, -0.1) is 0 Å². The Balaban J connectivity index is 1.55. The summed E-state index contributed by atoms with van der Waals surface area (Å²) in [7, 11) is 1.74. The van der Waals surface area contributed by atoms with E-state index in [2.05, 4.69) is 11.2 Å². The van der Waals surface area contributed by atoms with Crippen molar-refractivity contribution in [2.75, 3.05) is 11.9 Å². The highest BCUT2D eigenvalue weighted by Crippen LogP contribution is 2.25. The summed E-state index contributed by atoms with van der Waals surface area (Å²) in [5, 5.41) is 13.9. The molecule has 4 rings (SSSR count). The monoisotopic (exact) mass is 454 g/mol. The van der Waals surface area contributed by atoms with Crippen LogP contribution >= 0.6 is 0 Å². The summed E-state index contributed by atoms with van der Waals surface area (Å²) in [5.74, 6) is -0.646. The van der Waals surface area contributed by atoms with E-state index in [1.54, 1.807) is 24.1 Å². The Morgan fingerprint density at radius 3 is 2.65 bits per heavy atom. The van der Waals surface area contributed by atoms with Gasteiger partial charge in [-0.1, -0.05) is 30.3 Å². The average Bonchev–Trinajstić information content (AvgIpc) is 3.18. The minimum atomic E-state index is -0.529. The highest BCUT2D eigenvalue weighted by atomic mass is 16.2. The second-order valence-corrected chi connectivity index (χ2v) is 9.06. The van der Waals surface area contributed by atoms with Gasteiger partial charge in [0.2, 0.25) is 5.91 Å². The summed E-state index contributed by atoms with van der Waals surface area (Å²) >= 11 is 0. The van der Waals surface area contributed by atoms with Gasteiger partial charge in [0.05, 0.1) is 23.9 Å². The molecule has 0 bridgehead atoms. The Labute approximate surface area is 200 Å². The molecule has 1 amide bonds. The summed E-state index contributed by atoms with van der Waals surface area (Å²) in [6, 6.07) is 18.8. The van der Waals surface area contributed by atoms with E-state index in [0.717, 1.165) is 42.6 Å². The molecule has 0 spiro atoms. The lowest BCUT2D eigenvalue weighted by molar-refractivity contribution is -0.127. The van der Waals surface area contributed by atoms with Crippen molar-refractivity contribution in [1.82, 2.24) is 9.78 Å². The molecule has 0 radical (unpaired) electrons. The molecule has 1 aliphatic carbocycles. The van der Waals surface area contributed by atoms with Crippen molar-refractivity contribution in [3.63, 3.8) is 0 Å². The topological polar surface area (TPSA) is 79.0 Å². The highest BCUT2D eigenvalue weighted by molar-refractivity contribution is 5.97. The van der Waals surface area contributed by atoms with Crippen molar-refractivity contribution in [2.24, 2.45) is 5.92 Å². The lowest BCUT2D eigenvalue weighted by Gasteiger charge is -2.24. The van der Waals surface area contributed by atoms with Gasteiger partial charge >= 0.3 is 0 Å².